The molecule has 1 aliphatic carbocycles. The minimum atomic E-state index is -4.57. The van der Waals surface area contributed by atoms with Crippen LogP contribution in [-0.2, 0) is 14.3 Å². The second-order valence-electron chi connectivity index (χ2n) is 5.72. The molecule has 1 N–H and O–H groups in total. The van der Waals surface area contributed by atoms with E-state index in [2.05, 4.69) is 26.0 Å². The third-order valence-electron chi connectivity index (χ3n) is 3.88. The number of carbonyl (C=O) groups excluding carboxylic acids is 2. The second-order valence-corrected chi connectivity index (χ2v) is 6.64. The molecule has 1 amide bonds. The summed E-state index contributed by atoms with van der Waals surface area (Å²) in [6.07, 6.45) is -2.33. The van der Waals surface area contributed by atoms with Gasteiger partial charge in [0.05, 0.1) is 11.8 Å². The van der Waals surface area contributed by atoms with Crippen molar-refractivity contribution >= 4 is 33.5 Å². The fraction of sp³-hybridized carbons (Fsp3) is 0.500. The van der Waals surface area contributed by atoms with Gasteiger partial charge in [0.25, 0.3) is 0 Å². The van der Waals surface area contributed by atoms with E-state index in [-0.39, 0.29) is 5.91 Å². The topological polar surface area (TPSA) is 55.4 Å². The smallest absolute Gasteiger partial charge is 0.422 e. The van der Waals surface area contributed by atoms with Gasteiger partial charge in [-0.2, -0.15) is 13.2 Å². The average molecular weight is 408 g/mol. The van der Waals surface area contributed by atoms with Crippen molar-refractivity contribution in [2.75, 3.05) is 11.9 Å². The van der Waals surface area contributed by atoms with E-state index in [1.807, 2.05) is 0 Å². The SMILES string of the molecule is O=C(Nc1cccc(Br)c1)[C@@H]1CCCC[C@H]1C(=O)OCC(F)(F)F. The van der Waals surface area contributed by atoms with E-state index in [0.717, 1.165) is 10.9 Å². The number of esters is 1. The molecule has 0 aliphatic heterocycles. The number of rotatable bonds is 4. The molecule has 24 heavy (non-hydrogen) atoms. The van der Waals surface area contributed by atoms with E-state index in [0.29, 0.717) is 24.9 Å². The molecule has 0 saturated heterocycles. The van der Waals surface area contributed by atoms with Gasteiger partial charge in [0.15, 0.2) is 6.61 Å². The van der Waals surface area contributed by atoms with Crippen molar-refractivity contribution in [3.05, 3.63) is 28.7 Å². The highest BCUT2D eigenvalue weighted by molar-refractivity contribution is 9.10. The highest BCUT2D eigenvalue weighted by Crippen LogP contribution is 2.32. The van der Waals surface area contributed by atoms with Gasteiger partial charge in [0.2, 0.25) is 5.91 Å². The molecular weight excluding hydrogens is 391 g/mol. The Morgan fingerprint density at radius 3 is 2.50 bits per heavy atom. The normalized spacial score (nSPS) is 21.2. The summed E-state index contributed by atoms with van der Waals surface area (Å²) in [6, 6.07) is 6.95. The lowest BCUT2D eigenvalue weighted by molar-refractivity contribution is -0.191. The number of benzene rings is 1. The molecule has 0 unspecified atom stereocenters. The monoisotopic (exact) mass is 407 g/mol. The first-order chi connectivity index (χ1) is 11.3. The van der Waals surface area contributed by atoms with E-state index < -0.39 is 30.6 Å². The van der Waals surface area contributed by atoms with Crippen LogP contribution in [0.2, 0.25) is 0 Å². The molecule has 8 heteroatoms. The first-order valence-electron chi connectivity index (χ1n) is 7.56. The highest BCUT2D eigenvalue weighted by Gasteiger charge is 2.38. The average Bonchev–Trinajstić information content (AvgIpc) is 2.52. The van der Waals surface area contributed by atoms with Crippen LogP contribution in [-0.4, -0.2) is 24.7 Å². The molecule has 0 radical (unpaired) electrons. The molecule has 1 aliphatic rings. The van der Waals surface area contributed by atoms with Gasteiger partial charge in [-0.3, -0.25) is 9.59 Å². The zero-order valence-corrected chi connectivity index (χ0v) is 14.3. The minimum Gasteiger partial charge on any atom is -0.456 e. The standard InChI is InChI=1S/C16H17BrF3NO3/c17-10-4-3-5-11(8-10)21-14(22)12-6-1-2-7-13(12)15(23)24-9-16(18,19)20/h3-5,8,12-13H,1-2,6-7,9H2,(H,21,22)/t12-,13-/m1/s1. The van der Waals surface area contributed by atoms with Crippen molar-refractivity contribution in [3.8, 4) is 0 Å². The Balaban J connectivity index is 2.02. The Morgan fingerprint density at radius 2 is 1.88 bits per heavy atom. The molecule has 1 aromatic carbocycles. The number of anilines is 1. The van der Waals surface area contributed by atoms with Crippen LogP contribution in [0.25, 0.3) is 0 Å². The summed E-state index contributed by atoms with van der Waals surface area (Å²) in [4.78, 5) is 24.4. The second kappa shape index (κ2) is 8.00. The van der Waals surface area contributed by atoms with Gasteiger partial charge in [-0.15, -0.1) is 0 Å². The summed E-state index contributed by atoms with van der Waals surface area (Å²) in [5, 5.41) is 2.71. The first kappa shape index (κ1) is 18.8. The molecule has 132 valence electrons. The van der Waals surface area contributed by atoms with Crippen LogP contribution in [0.5, 0.6) is 0 Å². The molecule has 1 fully saturated rings. The van der Waals surface area contributed by atoms with E-state index in [1.54, 1.807) is 24.3 Å². The number of alkyl halides is 3. The predicted molar refractivity (Wildman–Crippen MR) is 85.2 cm³/mol. The summed E-state index contributed by atoms with van der Waals surface area (Å²) in [7, 11) is 0. The van der Waals surface area contributed by atoms with Gasteiger partial charge >= 0.3 is 12.1 Å². The van der Waals surface area contributed by atoms with Gasteiger partial charge in [0, 0.05) is 10.2 Å². The Kier molecular flexibility index (Phi) is 6.26. The van der Waals surface area contributed by atoms with Crippen LogP contribution in [0.4, 0.5) is 18.9 Å². The number of hydrogen-bond donors (Lipinski definition) is 1. The van der Waals surface area contributed by atoms with E-state index in [9.17, 15) is 22.8 Å². The van der Waals surface area contributed by atoms with Crippen molar-refractivity contribution < 1.29 is 27.5 Å². The largest absolute Gasteiger partial charge is 0.456 e. The Morgan fingerprint density at radius 1 is 1.21 bits per heavy atom. The number of amides is 1. The lowest BCUT2D eigenvalue weighted by Gasteiger charge is -2.29. The third kappa shape index (κ3) is 5.51. The third-order valence-corrected chi connectivity index (χ3v) is 4.37. The summed E-state index contributed by atoms with van der Waals surface area (Å²) >= 11 is 3.29. The summed E-state index contributed by atoms with van der Waals surface area (Å²) in [6.45, 7) is -1.62. The molecule has 2 rings (SSSR count). The Hall–Kier alpha value is -1.57. The maximum atomic E-state index is 12.4. The van der Waals surface area contributed by atoms with E-state index in [1.165, 1.54) is 0 Å². The van der Waals surface area contributed by atoms with Crippen molar-refractivity contribution in [2.24, 2.45) is 11.8 Å². The van der Waals surface area contributed by atoms with Gasteiger partial charge in [-0.25, -0.2) is 0 Å². The Bertz CT molecular complexity index is 606. The van der Waals surface area contributed by atoms with Crippen LogP contribution >= 0.6 is 15.9 Å². The van der Waals surface area contributed by atoms with Crippen molar-refractivity contribution in [2.45, 2.75) is 31.9 Å². The predicted octanol–water partition coefficient (Wildman–Crippen LogP) is 4.30. The maximum absolute atomic E-state index is 12.4. The minimum absolute atomic E-state index is 0.354. The van der Waals surface area contributed by atoms with E-state index in [4.69, 9.17) is 0 Å². The van der Waals surface area contributed by atoms with Crippen molar-refractivity contribution in [1.82, 2.24) is 0 Å². The number of carbonyl (C=O) groups is 2. The number of ether oxygens (including phenoxy) is 1. The first-order valence-corrected chi connectivity index (χ1v) is 8.35. The maximum Gasteiger partial charge on any atom is 0.422 e. The zero-order valence-electron chi connectivity index (χ0n) is 12.7. The molecule has 0 aromatic heterocycles. The molecule has 1 aromatic rings. The number of hydrogen-bond acceptors (Lipinski definition) is 3. The number of halogens is 4. The summed E-state index contributed by atoms with van der Waals surface area (Å²) < 4.78 is 41.7. The zero-order chi connectivity index (χ0) is 17.7. The highest BCUT2D eigenvalue weighted by atomic mass is 79.9. The molecule has 0 bridgehead atoms. The molecule has 0 spiro atoms. The lowest BCUT2D eigenvalue weighted by Crippen LogP contribution is -2.38. The molecule has 2 atom stereocenters. The van der Waals surface area contributed by atoms with Crippen LogP contribution in [0.15, 0.2) is 28.7 Å². The molecule has 1 saturated carbocycles. The Labute approximate surface area is 145 Å². The summed E-state index contributed by atoms with van der Waals surface area (Å²) in [5.74, 6) is -2.85. The van der Waals surface area contributed by atoms with Crippen LogP contribution in [0.1, 0.15) is 25.7 Å². The van der Waals surface area contributed by atoms with Gasteiger partial charge in [0.1, 0.15) is 0 Å². The lowest BCUT2D eigenvalue weighted by atomic mass is 9.78. The fourth-order valence-corrected chi connectivity index (χ4v) is 3.19. The van der Waals surface area contributed by atoms with Crippen molar-refractivity contribution in [3.63, 3.8) is 0 Å². The van der Waals surface area contributed by atoms with Gasteiger partial charge in [-0.1, -0.05) is 34.8 Å². The van der Waals surface area contributed by atoms with Crippen LogP contribution in [0, 0.1) is 11.8 Å². The van der Waals surface area contributed by atoms with Gasteiger partial charge in [-0.05, 0) is 31.0 Å². The molecular formula is C16H17BrF3NO3. The molecule has 0 heterocycles. The van der Waals surface area contributed by atoms with Gasteiger partial charge < -0.3 is 10.1 Å². The van der Waals surface area contributed by atoms with Crippen LogP contribution < -0.4 is 5.32 Å². The van der Waals surface area contributed by atoms with E-state index >= 15 is 0 Å². The molecule has 4 nitrogen and oxygen atoms in total. The van der Waals surface area contributed by atoms with Crippen LogP contribution in [0.3, 0.4) is 0 Å². The van der Waals surface area contributed by atoms with Crippen molar-refractivity contribution in [1.29, 1.82) is 0 Å². The summed E-state index contributed by atoms with van der Waals surface area (Å²) in [5.41, 5.74) is 0.558. The quantitative estimate of drug-likeness (QED) is 0.756. The number of nitrogens with one attached hydrogen (secondary N) is 1. The fourth-order valence-electron chi connectivity index (χ4n) is 2.79.